The van der Waals surface area contributed by atoms with Gasteiger partial charge in [0.25, 0.3) is 0 Å². The molecule has 2 N–H and O–H groups in total. The second-order valence-electron chi connectivity index (χ2n) is 6.18. The van der Waals surface area contributed by atoms with Gasteiger partial charge in [-0.05, 0) is 41.3 Å². The van der Waals surface area contributed by atoms with Gasteiger partial charge in [0.15, 0.2) is 5.16 Å². The van der Waals surface area contributed by atoms with E-state index in [9.17, 15) is 4.79 Å². The summed E-state index contributed by atoms with van der Waals surface area (Å²) in [5.41, 5.74) is 7.96. The van der Waals surface area contributed by atoms with Gasteiger partial charge in [-0.25, -0.2) is 0 Å². The lowest BCUT2D eigenvalue weighted by Gasteiger charge is -2.10. The van der Waals surface area contributed by atoms with E-state index < -0.39 is 5.91 Å². The van der Waals surface area contributed by atoms with Gasteiger partial charge < -0.3 is 5.73 Å². The minimum atomic E-state index is -0.416. The van der Waals surface area contributed by atoms with Crippen LogP contribution in [0.15, 0.2) is 77.3 Å². The fourth-order valence-corrected chi connectivity index (χ4v) is 4.45. The van der Waals surface area contributed by atoms with Crippen molar-refractivity contribution in [3.8, 4) is 5.69 Å². The number of primary amides is 1. The van der Waals surface area contributed by atoms with Crippen LogP contribution in [-0.4, -0.2) is 20.7 Å². The van der Waals surface area contributed by atoms with Crippen LogP contribution in [0.2, 0.25) is 0 Å². The SMILES string of the molecule is NC(=O)c1ccc(CSc2nnc(Cc3cccs3)n2-c2ccccc2)cc1. The number of nitrogens with zero attached hydrogens (tertiary/aromatic N) is 3. The van der Waals surface area contributed by atoms with Crippen molar-refractivity contribution in [3.63, 3.8) is 0 Å². The fourth-order valence-electron chi connectivity index (χ4n) is 2.83. The van der Waals surface area contributed by atoms with Crippen LogP contribution in [0.3, 0.4) is 0 Å². The molecule has 0 saturated heterocycles. The molecule has 5 nitrogen and oxygen atoms in total. The van der Waals surface area contributed by atoms with E-state index in [0.29, 0.717) is 5.56 Å². The Labute approximate surface area is 171 Å². The summed E-state index contributed by atoms with van der Waals surface area (Å²) in [4.78, 5) is 12.5. The smallest absolute Gasteiger partial charge is 0.248 e. The summed E-state index contributed by atoms with van der Waals surface area (Å²) in [7, 11) is 0. The molecule has 2 heterocycles. The predicted molar refractivity (Wildman–Crippen MR) is 113 cm³/mol. The maximum atomic E-state index is 11.2. The summed E-state index contributed by atoms with van der Waals surface area (Å²) in [6.07, 6.45) is 0.743. The lowest BCUT2D eigenvalue weighted by Crippen LogP contribution is -2.10. The molecule has 28 heavy (non-hydrogen) atoms. The number of carbonyl (C=O) groups excluding carboxylic acids is 1. The van der Waals surface area contributed by atoms with Gasteiger partial charge in [-0.2, -0.15) is 0 Å². The first kappa shape index (κ1) is 18.5. The lowest BCUT2D eigenvalue weighted by molar-refractivity contribution is 0.100. The van der Waals surface area contributed by atoms with Crippen molar-refractivity contribution in [2.24, 2.45) is 5.73 Å². The number of carbonyl (C=O) groups is 1. The monoisotopic (exact) mass is 406 g/mol. The highest BCUT2D eigenvalue weighted by Gasteiger charge is 2.15. The molecule has 0 radical (unpaired) electrons. The second kappa shape index (κ2) is 8.41. The molecule has 0 atom stereocenters. The highest BCUT2D eigenvalue weighted by Crippen LogP contribution is 2.27. The van der Waals surface area contributed by atoms with Crippen molar-refractivity contribution >= 4 is 29.0 Å². The molecule has 0 unspecified atom stereocenters. The Hall–Kier alpha value is -2.90. The van der Waals surface area contributed by atoms with Gasteiger partial charge in [0, 0.05) is 28.3 Å². The molecule has 4 rings (SSSR count). The average Bonchev–Trinajstić information content (AvgIpc) is 3.37. The first-order chi connectivity index (χ1) is 13.7. The Morgan fingerprint density at radius 2 is 1.79 bits per heavy atom. The van der Waals surface area contributed by atoms with E-state index in [0.717, 1.165) is 34.4 Å². The third-order valence-corrected chi connectivity index (χ3v) is 6.11. The fraction of sp³-hybridized carbons (Fsp3) is 0.0952. The quantitative estimate of drug-likeness (QED) is 0.464. The summed E-state index contributed by atoms with van der Waals surface area (Å²) in [5.74, 6) is 1.23. The van der Waals surface area contributed by atoms with E-state index in [1.807, 2.05) is 30.3 Å². The Bertz CT molecular complexity index is 1060. The number of thiophene rings is 1. The van der Waals surface area contributed by atoms with Gasteiger partial charge in [-0.15, -0.1) is 21.5 Å². The number of amides is 1. The molecular weight excluding hydrogens is 388 g/mol. The Morgan fingerprint density at radius 1 is 1.00 bits per heavy atom. The van der Waals surface area contributed by atoms with Crippen molar-refractivity contribution in [2.75, 3.05) is 0 Å². The average molecular weight is 407 g/mol. The van der Waals surface area contributed by atoms with Crippen LogP contribution in [0.25, 0.3) is 5.69 Å². The molecule has 0 aliphatic carbocycles. The third kappa shape index (κ3) is 4.16. The molecule has 0 aliphatic rings. The summed E-state index contributed by atoms with van der Waals surface area (Å²) >= 11 is 3.34. The van der Waals surface area contributed by atoms with Crippen molar-refractivity contribution in [1.29, 1.82) is 0 Å². The van der Waals surface area contributed by atoms with Gasteiger partial charge in [0.2, 0.25) is 5.91 Å². The van der Waals surface area contributed by atoms with Crippen LogP contribution in [0.1, 0.15) is 26.6 Å². The number of benzene rings is 2. The van der Waals surface area contributed by atoms with Crippen LogP contribution >= 0.6 is 23.1 Å². The van der Waals surface area contributed by atoms with E-state index in [1.54, 1.807) is 35.2 Å². The molecule has 2 aromatic carbocycles. The minimum Gasteiger partial charge on any atom is -0.366 e. The number of thioether (sulfide) groups is 1. The van der Waals surface area contributed by atoms with Crippen LogP contribution < -0.4 is 5.73 Å². The molecule has 0 aliphatic heterocycles. The number of rotatable bonds is 7. The zero-order valence-electron chi connectivity index (χ0n) is 15.0. The number of para-hydroxylation sites is 1. The van der Waals surface area contributed by atoms with E-state index in [-0.39, 0.29) is 0 Å². The molecule has 140 valence electrons. The standard InChI is InChI=1S/C21H18N4OS2/c22-20(26)16-10-8-15(9-11-16)14-28-21-24-23-19(13-18-7-4-12-27-18)25(21)17-5-2-1-3-6-17/h1-12H,13-14H2,(H2,22,26). The highest BCUT2D eigenvalue weighted by atomic mass is 32.2. The second-order valence-corrected chi connectivity index (χ2v) is 8.15. The van der Waals surface area contributed by atoms with Gasteiger partial charge in [0.1, 0.15) is 5.82 Å². The molecular formula is C21H18N4OS2. The van der Waals surface area contributed by atoms with Crippen LogP contribution in [0.4, 0.5) is 0 Å². The zero-order chi connectivity index (χ0) is 19.3. The largest absolute Gasteiger partial charge is 0.366 e. The summed E-state index contributed by atoms with van der Waals surface area (Å²) in [6.45, 7) is 0. The van der Waals surface area contributed by atoms with Crippen molar-refractivity contribution < 1.29 is 4.79 Å². The Kier molecular flexibility index (Phi) is 5.55. The van der Waals surface area contributed by atoms with E-state index in [2.05, 4.69) is 44.4 Å². The summed E-state index contributed by atoms with van der Waals surface area (Å²) < 4.78 is 2.11. The first-order valence-corrected chi connectivity index (χ1v) is 10.6. The topological polar surface area (TPSA) is 73.8 Å². The van der Waals surface area contributed by atoms with Crippen LogP contribution in [0, 0.1) is 0 Å². The molecule has 0 bridgehead atoms. The third-order valence-electron chi connectivity index (χ3n) is 4.23. The van der Waals surface area contributed by atoms with Gasteiger partial charge >= 0.3 is 0 Å². The summed E-state index contributed by atoms with van der Waals surface area (Å²) in [5, 5.41) is 11.8. The molecule has 7 heteroatoms. The molecule has 1 amide bonds. The highest BCUT2D eigenvalue weighted by molar-refractivity contribution is 7.98. The lowest BCUT2D eigenvalue weighted by atomic mass is 10.1. The number of hydrogen-bond acceptors (Lipinski definition) is 5. The van der Waals surface area contributed by atoms with E-state index in [4.69, 9.17) is 5.73 Å². The Morgan fingerprint density at radius 3 is 2.46 bits per heavy atom. The molecule has 0 fully saturated rings. The van der Waals surface area contributed by atoms with Gasteiger partial charge in [-0.3, -0.25) is 9.36 Å². The van der Waals surface area contributed by atoms with Gasteiger partial charge in [-0.1, -0.05) is 48.2 Å². The normalized spacial score (nSPS) is 10.9. The maximum absolute atomic E-state index is 11.2. The van der Waals surface area contributed by atoms with Gasteiger partial charge in [0.05, 0.1) is 0 Å². The molecule has 2 aromatic heterocycles. The number of aromatic nitrogens is 3. The van der Waals surface area contributed by atoms with E-state index in [1.165, 1.54) is 4.88 Å². The molecule has 0 spiro atoms. The minimum absolute atomic E-state index is 0.416. The first-order valence-electron chi connectivity index (χ1n) is 8.74. The van der Waals surface area contributed by atoms with Crippen LogP contribution in [0.5, 0.6) is 0 Å². The van der Waals surface area contributed by atoms with Crippen molar-refractivity contribution in [1.82, 2.24) is 14.8 Å². The molecule has 4 aromatic rings. The Balaban J connectivity index is 1.59. The van der Waals surface area contributed by atoms with Crippen molar-refractivity contribution in [3.05, 3.63) is 93.9 Å². The van der Waals surface area contributed by atoms with Crippen LogP contribution in [-0.2, 0) is 12.2 Å². The predicted octanol–water partition coefficient (Wildman–Crippen LogP) is 4.31. The number of nitrogens with two attached hydrogens (primary N) is 1. The maximum Gasteiger partial charge on any atom is 0.248 e. The molecule has 0 saturated carbocycles. The summed E-state index contributed by atoms with van der Waals surface area (Å²) in [6, 6.07) is 21.7. The zero-order valence-corrected chi connectivity index (χ0v) is 16.6. The number of hydrogen-bond donors (Lipinski definition) is 1. The van der Waals surface area contributed by atoms with E-state index >= 15 is 0 Å². The van der Waals surface area contributed by atoms with Crippen molar-refractivity contribution in [2.45, 2.75) is 17.3 Å².